The average molecular weight is 570 g/mol. The predicted octanol–water partition coefficient (Wildman–Crippen LogP) is 4.83. The molecule has 4 heterocycles. The molecule has 0 saturated carbocycles. The van der Waals surface area contributed by atoms with Crippen LogP contribution in [0.25, 0.3) is 11.0 Å². The van der Waals surface area contributed by atoms with E-state index in [0.29, 0.717) is 36.0 Å². The van der Waals surface area contributed by atoms with Crippen LogP contribution in [0.5, 0.6) is 5.88 Å². The number of pyridine rings is 1. The lowest BCUT2D eigenvalue weighted by molar-refractivity contribution is -0.0591. The third-order valence-electron chi connectivity index (χ3n) is 8.16. The molecule has 3 unspecified atom stereocenters. The molecule has 0 N–H and O–H groups in total. The second-order valence-electron chi connectivity index (χ2n) is 11.0. The highest BCUT2D eigenvalue weighted by Crippen LogP contribution is 2.34. The Morgan fingerprint density at radius 2 is 2.02 bits per heavy atom. The van der Waals surface area contributed by atoms with Crippen LogP contribution in [0.4, 0.5) is 4.39 Å². The zero-order chi connectivity index (χ0) is 29.2. The highest BCUT2D eigenvalue weighted by molar-refractivity contribution is 5.93. The lowest BCUT2D eigenvalue weighted by Gasteiger charge is -2.28. The number of halogens is 1. The second-order valence-corrected chi connectivity index (χ2v) is 11.0. The SMILES string of the molecule is COC(=O)c1ccc2nc(CN3CC(C)C(c4cccc(OCc5ccc(C#N)cc5F)n4)C3)n(CC3CCO3)c2c1. The monoisotopic (exact) mass is 569 g/mol. The first-order valence-electron chi connectivity index (χ1n) is 14.1. The molecule has 216 valence electrons. The molecule has 6 rings (SSSR count). The van der Waals surface area contributed by atoms with Crippen LogP contribution in [0.3, 0.4) is 0 Å². The van der Waals surface area contributed by atoms with E-state index in [1.54, 1.807) is 24.3 Å². The summed E-state index contributed by atoms with van der Waals surface area (Å²) in [7, 11) is 1.38. The Morgan fingerprint density at radius 3 is 2.76 bits per heavy atom. The number of nitrogens with zero attached hydrogens (tertiary/aromatic N) is 5. The van der Waals surface area contributed by atoms with Gasteiger partial charge in [0.15, 0.2) is 0 Å². The molecule has 10 heteroatoms. The van der Waals surface area contributed by atoms with Crippen LogP contribution < -0.4 is 4.74 Å². The number of esters is 1. The molecule has 42 heavy (non-hydrogen) atoms. The number of carbonyl (C=O) groups excluding carboxylic acids is 1. The van der Waals surface area contributed by atoms with E-state index in [2.05, 4.69) is 16.4 Å². The number of benzene rings is 2. The number of fused-ring (bicyclic) bond motifs is 1. The number of hydrogen-bond acceptors (Lipinski definition) is 8. The molecule has 0 aliphatic carbocycles. The number of methoxy groups -OCH3 is 1. The van der Waals surface area contributed by atoms with E-state index in [9.17, 15) is 9.18 Å². The molecule has 4 aromatic rings. The predicted molar refractivity (Wildman–Crippen MR) is 152 cm³/mol. The summed E-state index contributed by atoms with van der Waals surface area (Å²) in [6.07, 6.45) is 1.14. The van der Waals surface area contributed by atoms with Crippen molar-refractivity contribution < 1.29 is 23.4 Å². The largest absolute Gasteiger partial charge is 0.473 e. The van der Waals surface area contributed by atoms with Crippen LogP contribution in [0.15, 0.2) is 54.6 Å². The van der Waals surface area contributed by atoms with Crippen LogP contribution in [-0.4, -0.2) is 58.3 Å². The molecule has 2 aromatic heterocycles. The van der Waals surface area contributed by atoms with Gasteiger partial charge in [-0.05, 0) is 48.7 Å². The molecule has 3 atom stereocenters. The fraction of sp³-hybridized carbons (Fsp3) is 0.375. The Balaban J connectivity index is 1.17. The quantitative estimate of drug-likeness (QED) is 0.264. The van der Waals surface area contributed by atoms with Crippen molar-refractivity contribution in [2.45, 2.75) is 45.1 Å². The van der Waals surface area contributed by atoms with Gasteiger partial charge in [-0.3, -0.25) is 4.90 Å². The summed E-state index contributed by atoms with van der Waals surface area (Å²) >= 11 is 0. The Kier molecular flexibility index (Phi) is 7.87. The topological polar surface area (TPSA) is 102 Å². The Labute approximate surface area is 243 Å². The highest BCUT2D eigenvalue weighted by Gasteiger charge is 2.33. The van der Waals surface area contributed by atoms with Crippen molar-refractivity contribution in [1.82, 2.24) is 19.4 Å². The van der Waals surface area contributed by atoms with Crippen LogP contribution in [0, 0.1) is 23.1 Å². The Bertz CT molecular complexity index is 1660. The number of imidazole rings is 1. The van der Waals surface area contributed by atoms with Crippen molar-refractivity contribution in [3.8, 4) is 11.9 Å². The Morgan fingerprint density at radius 1 is 1.17 bits per heavy atom. The van der Waals surface area contributed by atoms with Crippen molar-refractivity contribution in [2.75, 3.05) is 26.8 Å². The molecule has 9 nitrogen and oxygen atoms in total. The normalized spacial score (nSPS) is 20.3. The fourth-order valence-corrected chi connectivity index (χ4v) is 5.76. The first-order valence-corrected chi connectivity index (χ1v) is 14.1. The maximum Gasteiger partial charge on any atom is 0.337 e. The summed E-state index contributed by atoms with van der Waals surface area (Å²) in [5.74, 6) is 1.07. The van der Waals surface area contributed by atoms with E-state index >= 15 is 0 Å². The van der Waals surface area contributed by atoms with Crippen molar-refractivity contribution in [1.29, 1.82) is 5.26 Å². The third-order valence-corrected chi connectivity index (χ3v) is 8.16. The van der Waals surface area contributed by atoms with Crippen molar-refractivity contribution >= 4 is 17.0 Å². The van der Waals surface area contributed by atoms with Crippen molar-refractivity contribution in [3.05, 3.63) is 88.6 Å². The molecule has 2 aliphatic heterocycles. The van der Waals surface area contributed by atoms with E-state index in [4.69, 9.17) is 29.4 Å². The minimum Gasteiger partial charge on any atom is -0.473 e. The molecule has 2 aliphatic rings. The van der Waals surface area contributed by atoms with E-state index in [1.807, 2.05) is 30.3 Å². The number of hydrogen-bond donors (Lipinski definition) is 0. The lowest BCUT2D eigenvalue weighted by Crippen LogP contribution is -2.32. The summed E-state index contributed by atoms with van der Waals surface area (Å²) in [6.45, 7) is 6.04. The summed E-state index contributed by atoms with van der Waals surface area (Å²) in [5.41, 5.74) is 3.81. The molecule has 2 saturated heterocycles. The van der Waals surface area contributed by atoms with Gasteiger partial charge < -0.3 is 18.8 Å². The number of aromatic nitrogens is 3. The molecule has 0 amide bonds. The summed E-state index contributed by atoms with van der Waals surface area (Å²) < 4.78 is 33.0. The molecule has 2 fully saturated rings. The second kappa shape index (κ2) is 11.9. The van der Waals surface area contributed by atoms with Gasteiger partial charge in [-0.15, -0.1) is 0 Å². The summed E-state index contributed by atoms with van der Waals surface area (Å²) in [5, 5.41) is 8.96. The third kappa shape index (κ3) is 5.71. The van der Waals surface area contributed by atoms with Crippen molar-refractivity contribution in [3.63, 3.8) is 0 Å². The smallest absolute Gasteiger partial charge is 0.337 e. The first-order chi connectivity index (χ1) is 20.4. The average Bonchev–Trinajstić information content (AvgIpc) is 3.52. The maximum absolute atomic E-state index is 14.3. The minimum absolute atomic E-state index is 0.0267. The number of carbonyl (C=O) groups is 1. The summed E-state index contributed by atoms with van der Waals surface area (Å²) in [6, 6.07) is 17.5. The Hall–Kier alpha value is -4.33. The van der Waals surface area contributed by atoms with Gasteiger partial charge in [-0.1, -0.05) is 19.1 Å². The maximum atomic E-state index is 14.3. The molecule has 0 spiro atoms. The van der Waals surface area contributed by atoms with Gasteiger partial charge >= 0.3 is 5.97 Å². The van der Waals surface area contributed by atoms with Gasteiger partial charge in [0.2, 0.25) is 5.88 Å². The van der Waals surface area contributed by atoms with Crippen LogP contribution >= 0.6 is 0 Å². The van der Waals surface area contributed by atoms with Gasteiger partial charge in [0.05, 0.1) is 54.5 Å². The van der Waals surface area contributed by atoms with Gasteiger partial charge in [0.25, 0.3) is 0 Å². The van der Waals surface area contributed by atoms with Gasteiger partial charge in [-0.25, -0.2) is 19.2 Å². The van der Waals surface area contributed by atoms with Gasteiger partial charge in [0, 0.05) is 42.9 Å². The van der Waals surface area contributed by atoms with Crippen molar-refractivity contribution in [2.24, 2.45) is 5.92 Å². The van der Waals surface area contributed by atoms with Crippen LogP contribution in [0.2, 0.25) is 0 Å². The number of nitriles is 1. The van der Waals surface area contributed by atoms with Crippen LogP contribution in [0.1, 0.15) is 52.3 Å². The standard InChI is InChI=1S/C32H32FN5O4/c1-20-15-37(17-25(20)27-4-3-5-31(36-27)42-19-23-7-6-21(14-34)12-26(23)33)18-30-35-28-9-8-22(32(39)40-2)13-29(28)38(30)16-24-10-11-41-24/h3-9,12-13,20,24-25H,10-11,15-19H2,1-2H3. The van der Waals surface area contributed by atoms with E-state index < -0.39 is 5.82 Å². The fourth-order valence-electron chi connectivity index (χ4n) is 5.76. The molecular formula is C32H32FN5O4. The molecule has 0 bridgehead atoms. The van der Waals surface area contributed by atoms with E-state index in [1.165, 1.54) is 13.2 Å². The molecule has 2 aromatic carbocycles. The number of rotatable bonds is 9. The number of likely N-dealkylation sites (tertiary alicyclic amines) is 1. The van der Waals surface area contributed by atoms with E-state index in [0.717, 1.165) is 48.7 Å². The van der Waals surface area contributed by atoms with Gasteiger partial charge in [0.1, 0.15) is 18.2 Å². The highest BCUT2D eigenvalue weighted by atomic mass is 19.1. The minimum atomic E-state index is -0.471. The van der Waals surface area contributed by atoms with Gasteiger partial charge in [-0.2, -0.15) is 5.26 Å². The molecule has 0 radical (unpaired) electrons. The first kappa shape index (κ1) is 27.8. The summed E-state index contributed by atoms with van der Waals surface area (Å²) in [4.78, 5) is 24.3. The lowest BCUT2D eigenvalue weighted by atomic mass is 9.94. The zero-order valence-corrected chi connectivity index (χ0v) is 23.6. The zero-order valence-electron chi connectivity index (χ0n) is 23.6. The van der Waals surface area contributed by atoms with E-state index in [-0.39, 0.29) is 30.2 Å². The number of ether oxygens (including phenoxy) is 3. The van der Waals surface area contributed by atoms with Crippen LogP contribution in [-0.2, 0) is 29.2 Å². The molecular weight excluding hydrogens is 537 g/mol.